The van der Waals surface area contributed by atoms with Gasteiger partial charge in [-0.05, 0) is 42.5 Å². The average Bonchev–Trinajstić information content (AvgIpc) is 3.18. The fourth-order valence-corrected chi connectivity index (χ4v) is 3.87. The van der Waals surface area contributed by atoms with E-state index in [2.05, 4.69) is 10.3 Å². The van der Waals surface area contributed by atoms with Gasteiger partial charge in [-0.25, -0.2) is 4.98 Å². The highest BCUT2D eigenvalue weighted by Crippen LogP contribution is 2.30. The number of aryl methyl sites for hydroxylation is 2. The molecule has 4 nitrogen and oxygen atoms in total. The predicted molar refractivity (Wildman–Crippen MR) is 95.2 cm³/mol. The Morgan fingerprint density at radius 1 is 1.30 bits per heavy atom. The van der Waals surface area contributed by atoms with Crippen LogP contribution >= 0.6 is 22.7 Å². The molecule has 1 amide bonds. The van der Waals surface area contributed by atoms with E-state index in [4.69, 9.17) is 0 Å². The van der Waals surface area contributed by atoms with Crippen molar-refractivity contribution in [1.29, 1.82) is 0 Å². The number of benzene rings is 1. The number of aliphatic hydroxyl groups is 1. The first-order chi connectivity index (χ1) is 11.1. The Morgan fingerprint density at radius 2 is 2.13 bits per heavy atom. The number of thiazole rings is 1. The highest BCUT2D eigenvalue weighted by molar-refractivity contribution is 7.17. The van der Waals surface area contributed by atoms with Crippen molar-refractivity contribution < 1.29 is 9.90 Å². The number of carbonyl (C=O) groups excluding carboxylic acids is 1. The Labute approximate surface area is 142 Å². The first-order valence-corrected chi connectivity index (χ1v) is 8.86. The number of thiophene rings is 1. The molecule has 3 aromatic rings. The second kappa shape index (κ2) is 6.62. The van der Waals surface area contributed by atoms with Crippen molar-refractivity contribution in [3.8, 4) is 10.6 Å². The zero-order valence-electron chi connectivity index (χ0n) is 12.8. The van der Waals surface area contributed by atoms with Gasteiger partial charge in [0.1, 0.15) is 9.88 Å². The van der Waals surface area contributed by atoms with Gasteiger partial charge in [-0.15, -0.1) is 11.3 Å². The molecule has 0 saturated carbocycles. The van der Waals surface area contributed by atoms with E-state index in [1.165, 1.54) is 11.3 Å². The first kappa shape index (κ1) is 15.9. The van der Waals surface area contributed by atoms with Crippen LogP contribution in [0.1, 0.15) is 26.5 Å². The van der Waals surface area contributed by atoms with Gasteiger partial charge in [0.05, 0.1) is 12.3 Å². The molecule has 0 aliphatic heterocycles. The molecule has 0 unspecified atom stereocenters. The summed E-state index contributed by atoms with van der Waals surface area (Å²) >= 11 is 3.00. The van der Waals surface area contributed by atoms with Crippen LogP contribution < -0.4 is 5.32 Å². The zero-order chi connectivity index (χ0) is 16.4. The molecule has 2 heterocycles. The topological polar surface area (TPSA) is 62.2 Å². The lowest BCUT2D eigenvalue weighted by Crippen LogP contribution is -2.12. The van der Waals surface area contributed by atoms with E-state index in [1.807, 2.05) is 42.8 Å². The molecule has 2 N–H and O–H groups in total. The Kier molecular flexibility index (Phi) is 4.56. The van der Waals surface area contributed by atoms with Gasteiger partial charge in [-0.1, -0.05) is 12.1 Å². The number of nitrogens with zero attached hydrogens (tertiary/aromatic N) is 1. The summed E-state index contributed by atoms with van der Waals surface area (Å²) in [4.78, 5) is 17.7. The van der Waals surface area contributed by atoms with Crippen LogP contribution in [0.2, 0.25) is 0 Å². The highest BCUT2D eigenvalue weighted by atomic mass is 32.1. The van der Waals surface area contributed by atoms with Gasteiger partial charge in [0, 0.05) is 16.6 Å². The molecule has 0 bridgehead atoms. The largest absolute Gasteiger partial charge is 0.392 e. The monoisotopic (exact) mass is 344 g/mol. The lowest BCUT2D eigenvalue weighted by Gasteiger charge is -2.09. The third-order valence-corrected chi connectivity index (χ3v) is 5.39. The first-order valence-electron chi connectivity index (χ1n) is 7.10. The normalized spacial score (nSPS) is 10.7. The average molecular weight is 344 g/mol. The maximum Gasteiger partial charge on any atom is 0.267 e. The van der Waals surface area contributed by atoms with Crippen molar-refractivity contribution >= 4 is 34.3 Å². The molecule has 1 aromatic carbocycles. The van der Waals surface area contributed by atoms with Crippen molar-refractivity contribution in [3.05, 3.63) is 56.7 Å². The van der Waals surface area contributed by atoms with Gasteiger partial charge in [-0.3, -0.25) is 4.79 Å². The molecule has 118 valence electrons. The number of carbonyl (C=O) groups is 1. The van der Waals surface area contributed by atoms with E-state index < -0.39 is 0 Å². The maximum atomic E-state index is 12.6. The Hall–Kier alpha value is -2.02. The molecule has 6 heteroatoms. The Morgan fingerprint density at radius 3 is 2.83 bits per heavy atom. The molecule has 0 fully saturated rings. The number of anilines is 1. The number of rotatable bonds is 4. The molecular weight excluding hydrogens is 328 g/mol. The van der Waals surface area contributed by atoms with E-state index in [-0.39, 0.29) is 12.5 Å². The smallest absolute Gasteiger partial charge is 0.267 e. The number of nitrogens with one attached hydrogen (secondary N) is 1. The molecule has 0 radical (unpaired) electrons. The number of amides is 1. The maximum absolute atomic E-state index is 12.6. The second-order valence-corrected chi connectivity index (χ2v) is 6.99. The molecular formula is C17H16N2O2S2. The summed E-state index contributed by atoms with van der Waals surface area (Å²) in [6, 6.07) is 7.53. The minimum absolute atomic E-state index is 0.0506. The van der Waals surface area contributed by atoms with E-state index in [0.29, 0.717) is 10.6 Å². The Balaban J connectivity index is 1.87. The van der Waals surface area contributed by atoms with Gasteiger partial charge >= 0.3 is 0 Å². The molecule has 2 aromatic heterocycles. The minimum atomic E-state index is -0.167. The molecule has 3 rings (SSSR count). The van der Waals surface area contributed by atoms with Crippen LogP contribution in [-0.4, -0.2) is 16.0 Å². The standard InChI is InChI=1S/C17H16N2O2S2/c1-10-3-4-12(8-20)7-14(10)19-16(21)15-11(2)18-17(23-15)13-5-6-22-9-13/h3-7,9,20H,8H2,1-2H3,(H,19,21). The summed E-state index contributed by atoms with van der Waals surface area (Å²) in [5, 5.41) is 17.0. The summed E-state index contributed by atoms with van der Waals surface area (Å²) in [6.07, 6.45) is 0. The van der Waals surface area contributed by atoms with Crippen molar-refractivity contribution in [2.45, 2.75) is 20.5 Å². The number of aliphatic hydroxyl groups excluding tert-OH is 1. The summed E-state index contributed by atoms with van der Waals surface area (Å²) in [5.41, 5.74) is 4.21. The fraction of sp³-hybridized carbons (Fsp3) is 0.176. The third-order valence-electron chi connectivity index (χ3n) is 3.50. The van der Waals surface area contributed by atoms with Gasteiger partial charge in [0.15, 0.2) is 0 Å². The SMILES string of the molecule is Cc1ccc(CO)cc1NC(=O)c1sc(-c2ccsc2)nc1C. The molecule has 0 spiro atoms. The lowest BCUT2D eigenvalue weighted by molar-refractivity contribution is 0.102. The fourth-order valence-electron chi connectivity index (χ4n) is 2.20. The van der Waals surface area contributed by atoms with Gasteiger partial charge in [-0.2, -0.15) is 11.3 Å². The minimum Gasteiger partial charge on any atom is -0.392 e. The summed E-state index contributed by atoms with van der Waals surface area (Å²) in [7, 11) is 0. The third kappa shape index (κ3) is 3.34. The lowest BCUT2D eigenvalue weighted by atomic mass is 10.1. The van der Waals surface area contributed by atoms with Crippen LogP contribution in [0, 0.1) is 13.8 Å². The van der Waals surface area contributed by atoms with Crippen LogP contribution in [0.15, 0.2) is 35.0 Å². The Bertz CT molecular complexity index is 838. The summed E-state index contributed by atoms with van der Waals surface area (Å²) in [5.74, 6) is -0.167. The molecule has 0 aliphatic rings. The summed E-state index contributed by atoms with van der Waals surface area (Å²) in [6.45, 7) is 3.72. The molecule has 0 aliphatic carbocycles. The van der Waals surface area contributed by atoms with Gasteiger partial charge in [0.25, 0.3) is 5.91 Å². The summed E-state index contributed by atoms with van der Waals surface area (Å²) < 4.78 is 0. The van der Waals surface area contributed by atoms with E-state index in [1.54, 1.807) is 17.4 Å². The van der Waals surface area contributed by atoms with Crippen molar-refractivity contribution in [1.82, 2.24) is 4.98 Å². The van der Waals surface area contributed by atoms with Crippen LogP contribution in [0.25, 0.3) is 10.6 Å². The number of hydrogen-bond donors (Lipinski definition) is 2. The highest BCUT2D eigenvalue weighted by Gasteiger charge is 2.17. The predicted octanol–water partition coefficient (Wildman–Crippen LogP) is 4.23. The van der Waals surface area contributed by atoms with Gasteiger partial charge < -0.3 is 10.4 Å². The molecule has 23 heavy (non-hydrogen) atoms. The van der Waals surface area contributed by atoms with E-state index >= 15 is 0 Å². The van der Waals surface area contributed by atoms with Gasteiger partial charge in [0.2, 0.25) is 0 Å². The van der Waals surface area contributed by atoms with Crippen LogP contribution in [-0.2, 0) is 6.61 Å². The molecule has 0 saturated heterocycles. The van der Waals surface area contributed by atoms with Crippen molar-refractivity contribution in [3.63, 3.8) is 0 Å². The van der Waals surface area contributed by atoms with Crippen LogP contribution in [0.3, 0.4) is 0 Å². The van der Waals surface area contributed by atoms with Crippen LogP contribution in [0.5, 0.6) is 0 Å². The quantitative estimate of drug-likeness (QED) is 0.744. The zero-order valence-corrected chi connectivity index (χ0v) is 14.4. The molecule has 0 atom stereocenters. The number of hydrogen-bond acceptors (Lipinski definition) is 5. The van der Waals surface area contributed by atoms with Crippen LogP contribution in [0.4, 0.5) is 5.69 Å². The van der Waals surface area contributed by atoms with E-state index in [9.17, 15) is 9.90 Å². The second-order valence-electron chi connectivity index (χ2n) is 5.21. The van der Waals surface area contributed by atoms with Crippen molar-refractivity contribution in [2.75, 3.05) is 5.32 Å². The van der Waals surface area contributed by atoms with E-state index in [0.717, 1.165) is 27.4 Å². The number of aromatic nitrogens is 1. The van der Waals surface area contributed by atoms with Crippen molar-refractivity contribution in [2.24, 2.45) is 0 Å².